The molecule has 0 atom stereocenters. The van der Waals surface area contributed by atoms with Gasteiger partial charge in [0, 0.05) is 36.5 Å². The molecule has 2 amide bonds. The standard InChI is InChI=1S/C16H19N5O/c17-16(22)20-9-7-13-12(10-20)15(19-18-13)21-8-3-5-11-4-1-2-6-14(11)21/h1-2,4,6H,3,5,7-10H2,(H2,17,22)(H,18,19). The van der Waals surface area contributed by atoms with Crippen LogP contribution in [0.5, 0.6) is 0 Å². The molecule has 2 aliphatic rings. The smallest absolute Gasteiger partial charge is 0.315 e. The zero-order valence-electron chi connectivity index (χ0n) is 12.4. The van der Waals surface area contributed by atoms with E-state index < -0.39 is 0 Å². The summed E-state index contributed by atoms with van der Waals surface area (Å²) in [7, 11) is 0. The number of para-hydroxylation sites is 1. The quantitative estimate of drug-likeness (QED) is 0.844. The third kappa shape index (κ3) is 2.03. The first kappa shape index (κ1) is 13.2. The molecular formula is C16H19N5O. The number of carbonyl (C=O) groups is 1. The molecular weight excluding hydrogens is 278 g/mol. The van der Waals surface area contributed by atoms with Crippen LogP contribution in [0.25, 0.3) is 0 Å². The monoisotopic (exact) mass is 297 g/mol. The van der Waals surface area contributed by atoms with Gasteiger partial charge in [-0.25, -0.2) is 4.79 Å². The van der Waals surface area contributed by atoms with Gasteiger partial charge in [0.2, 0.25) is 0 Å². The van der Waals surface area contributed by atoms with Crippen LogP contribution in [0.15, 0.2) is 24.3 Å². The molecule has 3 heterocycles. The molecule has 22 heavy (non-hydrogen) atoms. The topological polar surface area (TPSA) is 78.2 Å². The fourth-order valence-corrected chi connectivity index (χ4v) is 3.44. The van der Waals surface area contributed by atoms with Crippen molar-refractivity contribution >= 4 is 17.5 Å². The number of aromatic amines is 1. The van der Waals surface area contributed by atoms with Gasteiger partial charge in [0.25, 0.3) is 0 Å². The number of carbonyl (C=O) groups excluding carboxylic acids is 1. The summed E-state index contributed by atoms with van der Waals surface area (Å²) in [6.45, 7) is 2.14. The van der Waals surface area contributed by atoms with Crippen LogP contribution in [0.2, 0.25) is 0 Å². The number of anilines is 2. The molecule has 6 heteroatoms. The van der Waals surface area contributed by atoms with Gasteiger partial charge in [-0.15, -0.1) is 0 Å². The molecule has 0 aliphatic carbocycles. The van der Waals surface area contributed by atoms with Gasteiger partial charge in [-0.3, -0.25) is 5.10 Å². The average Bonchev–Trinajstić information content (AvgIpc) is 2.97. The Morgan fingerprint density at radius 3 is 2.95 bits per heavy atom. The Balaban J connectivity index is 1.74. The van der Waals surface area contributed by atoms with Crippen LogP contribution in [0.3, 0.4) is 0 Å². The summed E-state index contributed by atoms with van der Waals surface area (Å²) >= 11 is 0. The minimum atomic E-state index is -0.364. The SMILES string of the molecule is NC(=O)N1CCc2[nH]nc(N3CCCc4ccccc43)c2C1. The number of urea groups is 1. The Kier molecular flexibility index (Phi) is 3.03. The van der Waals surface area contributed by atoms with Crippen molar-refractivity contribution in [2.45, 2.75) is 25.8 Å². The number of H-pyrrole nitrogens is 1. The first-order valence-corrected chi connectivity index (χ1v) is 7.70. The largest absolute Gasteiger partial charge is 0.351 e. The molecule has 1 aromatic carbocycles. The van der Waals surface area contributed by atoms with Crippen molar-refractivity contribution in [3.63, 3.8) is 0 Å². The normalized spacial score (nSPS) is 17.1. The molecule has 0 unspecified atom stereocenters. The summed E-state index contributed by atoms with van der Waals surface area (Å²) in [5, 5.41) is 7.68. The molecule has 114 valence electrons. The van der Waals surface area contributed by atoms with E-state index in [-0.39, 0.29) is 6.03 Å². The van der Waals surface area contributed by atoms with Gasteiger partial charge < -0.3 is 15.5 Å². The first-order valence-electron chi connectivity index (χ1n) is 7.70. The number of benzene rings is 1. The molecule has 2 aromatic rings. The third-order valence-electron chi connectivity index (χ3n) is 4.59. The van der Waals surface area contributed by atoms with Crippen molar-refractivity contribution in [2.24, 2.45) is 5.73 Å². The highest BCUT2D eigenvalue weighted by Crippen LogP contribution is 2.36. The van der Waals surface area contributed by atoms with Crippen molar-refractivity contribution in [3.8, 4) is 0 Å². The van der Waals surface area contributed by atoms with E-state index in [9.17, 15) is 4.79 Å². The number of hydrogen-bond acceptors (Lipinski definition) is 3. The zero-order valence-corrected chi connectivity index (χ0v) is 12.4. The van der Waals surface area contributed by atoms with Gasteiger partial charge in [0.15, 0.2) is 5.82 Å². The van der Waals surface area contributed by atoms with E-state index in [0.717, 1.165) is 42.9 Å². The van der Waals surface area contributed by atoms with Crippen LogP contribution in [-0.2, 0) is 19.4 Å². The molecule has 4 rings (SSSR count). The van der Waals surface area contributed by atoms with Crippen LogP contribution in [-0.4, -0.2) is 34.2 Å². The van der Waals surface area contributed by atoms with Crippen LogP contribution in [0.1, 0.15) is 23.2 Å². The number of primary amides is 1. The van der Waals surface area contributed by atoms with Crippen LogP contribution in [0, 0.1) is 0 Å². The molecule has 3 N–H and O–H groups in total. The molecule has 0 spiro atoms. The van der Waals surface area contributed by atoms with E-state index in [1.165, 1.54) is 11.3 Å². The van der Waals surface area contributed by atoms with Gasteiger partial charge >= 0.3 is 6.03 Å². The second-order valence-electron chi connectivity index (χ2n) is 5.90. The fourth-order valence-electron chi connectivity index (χ4n) is 3.44. The van der Waals surface area contributed by atoms with E-state index >= 15 is 0 Å². The molecule has 0 radical (unpaired) electrons. The third-order valence-corrected chi connectivity index (χ3v) is 4.59. The predicted octanol–water partition coefficient (Wildman–Crippen LogP) is 1.93. The molecule has 1 aromatic heterocycles. The van der Waals surface area contributed by atoms with Gasteiger partial charge in [-0.1, -0.05) is 18.2 Å². The molecule has 0 saturated heterocycles. The predicted molar refractivity (Wildman–Crippen MR) is 84.1 cm³/mol. The maximum Gasteiger partial charge on any atom is 0.315 e. The zero-order chi connectivity index (χ0) is 15.1. The maximum absolute atomic E-state index is 11.5. The fraction of sp³-hybridized carbons (Fsp3) is 0.375. The lowest BCUT2D eigenvalue weighted by atomic mass is 10.0. The number of rotatable bonds is 1. The number of hydrogen-bond donors (Lipinski definition) is 2. The molecule has 6 nitrogen and oxygen atoms in total. The lowest BCUT2D eigenvalue weighted by Crippen LogP contribution is -2.39. The summed E-state index contributed by atoms with van der Waals surface area (Å²) < 4.78 is 0. The van der Waals surface area contributed by atoms with Crippen molar-refractivity contribution < 1.29 is 4.79 Å². The Bertz CT molecular complexity index is 723. The molecule has 0 fully saturated rings. The van der Waals surface area contributed by atoms with E-state index in [1.54, 1.807) is 4.90 Å². The minimum Gasteiger partial charge on any atom is -0.351 e. The Hall–Kier alpha value is -2.50. The Morgan fingerprint density at radius 1 is 1.23 bits per heavy atom. The van der Waals surface area contributed by atoms with Crippen molar-refractivity contribution in [1.29, 1.82) is 0 Å². The number of nitrogens with two attached hydrogens (primary N) is 1. The van der Waals surface area contributed by atoms with Gasteiger partial charge in [-0.2, -0.15) is 5.10 Å². The maximum atomic E-state index is 11.5. The first-order chi connectivity index (χ1) is 10.7. The van der Waals surface area contributed by atoms with E-state index in [1.807, 2.05) is 0 Å². The minimum absolute atomic E-state index is 0.364. The highest BCUT2D eigenvalue weighted by molar-refractivity contribution is 5.74. The van der Waals surface area contributed by atoms with E-state index in [4.69, 9.17) is 5.73 Å². The Morgan fingerprint density at radius 2 is 2.09 bits per heavy atom. The summed E-state index contributed by atoms with van der Waals surface area (Å²) in [5.74, 6) is 0.938. The van der Waals surface area contributed by atoms with E-state index in [2.05, 4.69) is 39.4 Å². The van der Waals surface area contributed by atoms with Crippen LogP contribution >= 0.6 is 0 Å². The second-order valence-corrected chi connectivity index (χ2v) is 5.90. The Labute approximate surface area is 128 Å². The highest BCUT2D eigenvalue weighted by Gasteiger charge is 2.28. The number of nitrogens with one attached hydrogen (secondary N) is 1. The van der Waals surface area contributed by atoms with Crippen LogP contribution < -0.4 is 10.6 Å². The lowest BCUT2D eigenvalue weighted by molar-refractivity contribution is 0.202. The molecule has 2 aliphatic heterocycles. The number of amides is 2. The van der Waals surface area contributed by atoms with Crippen molar-refractivity contribution in [2.75, 3.05) is 18.0 Å². The number of aromatic nitrogens is 2. The summed E-state index contributed by atoms with van der Waals surface area (Å²) in [4.78, 5) is 15.4. The number of fused-ring (bicyclic) bond motifs is 2. The van der Waals surface area contributed by atoms with Crippen LogP contribution in [0.4, 0.5) is 16.3 Å². The number of nitrogens with zero attached hydrogens (tertiary/aromatic N) is 3. The molecule has 0 saturated carbocycles. The summed E-state index contributed by atoms with van der Waals surface area (Å²) in [5.41, 5.74) is 10.2. The van der Waals surface area contributed by atoms with Gasteiger partial charge in [0.05, 0.1) is 6.54 Å². The summed E-state index contributed by atoms with van der Waals surface area (Å²) in [6.07, 6.45) is 2.99. The highest BCUT2D eigenvalue weighted by atomic mass is 16.2. The van der Waals surface area contributed by atoms with Gasteiger partial charge in [0.1, 0.15) is 0 Å². The van der Waals surface area contributed by atoms with E-state index in [0.29, 0.717) is 13.1 Å². The molecule has 0 bridgehead atoms. The lowest BCUT2D eigenvalue weighted by Gasteiger charge is -2.32. The number of aryl methyl sites for hydroxylation is 1. The van der Waals surface area contributed by atoms with Crippen molar-refractivity contribution in [1.82, 2.24) is 15.1 Å². The van der Waals surface area contributed by atoms with Crippen molar-refractivity contribution in [3.05, 3.63) is 41.1 Å². The second kappa shape index (κ2) is 5.05. The average molecular weight is 297 g/mol. The van der Waals surface area contributed by atoms with Gasteiger partial charge in [-0.05, 0) is 24.5 Å². The summed E-state index contributed by atoms with van der Waals surface area (Å²) in [6, 6.07) is 8.10.